The van der Waals surface area contributed by atoms with Crippen LogP contribution in [0.3, 0.4) is 0 Å². The van der Waals surface area contributed by atoms with Crippen LogP contribution in [-0.4, -0.2) is 31.3 Å². The topological polar surface area (TPSA) is 37.4 Å². The van der Waals surface area contributed by atoms with E-state index in [1.54, 1.807) is 6.07 Å². The second-order valence-corrected chi connectivity index (χ2v) is 8.00. The fourth-order valence-corrected chi connectivity index (χ4v) is 4.22. The van der Waals surface area contributed by atoms with Crippen molar-refractivity contribution in [3.63, 3.8) is 0 Å². The van der Waals surface area contributed by atoms with Gasteiger partial charge in [0.15, 0.2) is 0 Å². The number of halogens is 3. The van der Waals surface area contributed by atoms with Gasteiger partial charge in [-0.15, -0.1) is 0 Å². The minimum Gasteiger partial charge on any atom is -0.378 e. The zero-order valence-corrected chi connectivity index (χ0v) is 17.9. The van der Waals surface area contributed by atoms with Gasteiger partial charge in [0.1, 0.15) is 0 Å². The van der Waals surface area contributed by atoms with Gasteiger partial charge in [-0.05, 0) is 62.2 Å². The van der Waals surface area contributed by atoms with Crippen LogP contribution >= 0.6 is 0 Å². The van der Waals surface area contributed by atoms with Gasteiger partial charge in [0, 0.05) is 41.6 Å². The first-order valence-electron chi connectivity index (χ1n) is 10.4. The van der Waals surface area contributed by atoms with Gasteiger partial charge in [0.05, 0.1) is 24.3 Å². The van der Waals surface area contributed by atoms with Crippen LogP contribution < -0.4 is 10.2 Å². The Hall–Kier alpha value is -2.80. The third-order valence-electron chi connectivity index (χ3n) is 5.82. The van der Waals surface area contributed by atoms with Gasteiger partial charge in [-0.3, -0.25) is 4.98 Å². The molecule has 164 valence electrons. The number of nitrogens with zero attached hydrogens (tertiary/aromatic N) is 2. The van der Waals surface area contributed by atoms with Crippen molar-refractivity contribution < 1.29 is 17.9 Å². The van der Waals surface area contributed by atoms with Gasteiger partial charge in [-0.25, -0.2) is 0 Å². The Kier molecular flexibility index (Phi) is 5.79. The molecule has 2 heterocycles. The molecule has 0 amide bonds. The van der Waals surface area contributed by atoms with E-state index >= 15 is 0 Å². The standard InChI is InChI=1S/C24H26F3N3O/c1-15-13-23(29-17(3)19-5-4-6-21(16(19)2)24(25,26)27)20-14-18(7-8-22(20)28-15)30-9-11-31-12-10-30/h4-8,13-14,17H,9-12H2,1-3H3,(H,28,29). The summed E-state index contributed by atoms with van der Waals surface area (Å²) in [5, 5.41) is 4.39. The summed E-state index contributed by atoms with van der Waals surface area (Å²) < 4.78 is 45.5. The van der Waals surface area contributed by atoms with E-state index in [4.69, 9.17) is 4.74 Å². The number of hydrogen-bond donors (Lipinski definition) is 1. The van der Waals surface area contributed by atoms with Crippen LogP contribution in [0.25, 0.3) is 10.9 Å². The zero-order valence-electron chi connectivity index (χ0n) is 17.9. The fraction of sp³-hybridized carbons (Fsp3) is 0.375. The molecule has 1 saturated heterocycles. The lowest BCUT2D eigenvalue weighted by atomic mass is 9.97. The van der Waals surface area contributed by atoms with E-state index in [0.29, 0.717) is 18.8 Å². The lowest BCUT2D eigenvalue weighted by Gasteiger charge is -2.29. The molecule has 1 aromatic heterocycles. The van der Waals surface area contributed by atoms with Crippen molar-refractivity contribution in [1.82, 2.24) is 4.98 Å². The van der Waals surface area contributed by atoms with Gasteiger partial charge in [-0.2, -0.15) is 13.2 Å². The van der Waals surface area contributed by atoms with Gasteiger partial charge in [0.25, 0.3) is 0 Å². The second-order valence-electron chi connectivity index (χ2n) is 8.00. The van der Waals surface area contributed by atoms with Crippen molar-refractivity contribution in [2.75, 3.05) is 36.5 Å². The van der Waals surface area contributed by atoms with Crippen LogP contribution in [0.1, 0.15) is 35.3 Å². The molecule has 3 aromatic rings. The Morgan fingerprint density at radius 1 is 1.06 bits per heavy atom. The summed E-state index contributed by atoms with van der Waals surface area (Å²) in [5.41, 5.74) is 3.94. The van der Waals surface area contributed by atoms with Gasteiger partial charge < -0.3 is 15.0 Å². The average Bonchev–Trinajstić information content (AvgIpc) is 2.73. The molecule has 4 nitrogen and oxygen atoms in total. The Morgan fingerprint density at radius 2 is 1.81 bits per heavy atom. The summed E-state index contributed by atoms with van der Waals surface area (Å²) in [6.07, 6.45) is -4.37. The van der Waals surface area contributed by atoms with Crippen LogP contribution in [0.2, 0.25) is 0 Å². The van der Waals surface area contributed by atoms with Crippen molar-refractivity contribution in [2.45, 2.75) is 33.0 Å². The summed E-state index contributed by atoms with van der Waals surface area (Å²) >= 11 is 0. The van der Waals surface area contributed by atoms with E-state index in [0.717, 1.165) is 47.1 Å². The SMILES string of the molecule is Cc1cc(NC(C)c2cccc(C(F)(F)F)c2C)c2cc(N3CCOCC3)ccc2n1. The smallest absolute Gasteiger partial charge is 0.378 e. The number of benzene rings is 2. The molecule has 31 heavy (non-hydrogen) atoms. The van der Waals surface area contributed by atoms with Crippen molar-refractivity contribution in [3.8, 4) is 0 Å². The number of pyridine rings is 1. The zero-order chi connectivity index (χ0) is 22.2. The molecule has 0 bridgehead atoms. The number of ether oxygens (including phenoxy) is 1. The van der Waals surface area contributed by atoms with Gasteiger partial charge in [-0.1, -0.05) is 12.1 Å². The molecule has 0 saturated carbocycles. The molecule has 1 N–H and O–H groups in total. The minimum atomic E-state index is -4.37. The molecule has 4 rings (SSSR count). The van der Waals surface area contributed by atoms with Crippen LogP contribution in [-0.2, 0) is 10.9 Å². The molecule has 7 heteroatoms. The molecular formula is C24H26F3N3O. The molecule has 1 atom stereocenters. The molecule has 1 unspecified atom stereocenters. The predicted octanol–water partition coefficient (Wildman–Crippen LogP) is 5.88. The maximum Gasteiger partial charge on any atom is 0.416 e. The lowest BCUT2D eigenvalue weighted by Crippen LogP contribution is -2.36. The van der Waals surface area contributed by atoms with E-state index in [9.17, 15) is 13.2 Å². The van der Waals surface area contributed by atoms with E-state index in [1.165, 1.54) is 13.0 Å². The van der Waals surface area contributed by atoms with Crippen molar-refractivity contribution in [3.05, 3.63) is 64.8 Å². The summed E-state index contributed by atoms with van der Waals surface area (Å²) in [6.45, 7) is 8.38. The van der Waals surface area contributed by atoms with E-state index in [1.807, 2.05) is 26.0 Å². The molecule has 0 radical (unpaired) electrons. The number of fused-ring (bicyclic) bond motifs is 1. The highest BCUT2D eigenvalue weighted by molar-refractivity contribution is 5.94. The van der Waals surface area contributed by atoms with Crippen LogP contribution in [0, 0.1) is 13.8 Å². The molecule has 0 spiro atoms. The van der Waals surface area contributed by atoms with E-state index in [2.05, 4.69) is 27.3 Å². The Balaban J connectivity index is 1.70. The number of nitrogens with one attached hydrogen (secondary N) is 1. The number of hydrogen-bond acceptors (Lipinski definition) is 4. The maximum absolute atomic E-state index is 13.4. The molecule has 0 aliphatic carbocycles. The number of aryl methyl sites for hydroxylation is 1. The Bertz CT molecular complexity index is 1090. The molecule has 1 aliphatic heterocycles. The van der Waals surface area contributed by atoms with Crippen molar-refractivity contribution in [2.24, 2.45) is 0 Å². The number of morpholine rings is 1. The number of rotatable bonds is 4. The minimum absolute atomic E-state index is 0.249. The average molecular weight is 429 g/mol. The Morgan fingerprint density at radius 3 is 2.52 bits per heavy atom. The maximum atomic E-state index is 13.4. The van der Waals surface area contributed by atoms with E-state index < -0.39 is 11.7 Å². The normalized spacial score (nSPS) is 15.9. The van der Waals surface area contributed by atoms with E-state index in [-0.39, 0.29) is 11.6 Å². The number of aromatic nitrogens is 1. The van der Waals surface area contributed by atoms with Crippen molar-refractivity contribution in [1.29, 1.82) is 0 Å². The molecule has 2 aromatic carbocycles. The fourth-order valence-electron chi connectivity index (χ4n) is 4.22. The largest absolute Gasteiger partial charge is 0.416 e. The van der Waals surface area contributed by atoms with Crippen molar-refractivity contribution >= 4 is 22.3 Å². The molecular weight excluding hydrogens is 403 g/mol. The molecule has 1 aliphatic rings. The molecule has 1 fully saturated rings. The van der Waals surface area contributed by atoms with Crippen LogP contribution in [0.4, 0.5) is 24.5 Å². The summed E-state index contributed by atoms with van der Waals surface area (Å²) in [7, 11) is 0. The third kappa shape index (κ3) is 4.46. The first kappa shape index (κ1) is 21.4. The van der Waals surface area contributed by atoms with Crippen LogP contribution in [0.15, 0.2) is 42.5 Å². The number of alkyl halides is 3. The van der Waals surface area contributed by atoms with Gasteiger partial charge in [0.2, 0.25) is 0 Å². The predicted molar refractivity (Wildman–Crippen MR) is 118 cm³/mol. The Labute approximate surface area is 180 Å². The second kappa shape index (κ2) is 8.38. The number of anilines is 2. The highest BCUT2D eigenvalue weighted by Gasteiger charge is 2.33. The highest BCUT2D eigenvalue weighted by atomic mass is 19.4. The summed E-state index contributed by atoms with van der Waals surface area (Å²) in [4.78, 5) is 6.91. The third-order valence-corrected chi connectivity index (χ3v) is 5.82. The summed E-state index contributed by atoms with van der Waals surface area (Å²) in [6, 6.07) is 12.1. The van der Waals surface area contributed by atoms with Crippen LogP contribution in [0.5, 0.6) is 0 Å². The first-order valence-corrected chi connectivity index (χ1v) is 10.4. The van der Waals surface area contributed by atoms with Gasteiger partial charge >= 0.3 is 6.18 Å². The quantitative estimate of drug-likeness (QED) is 0.562. The monoisotopic (exact) mass is 429 g/mol. The summed E-state index contributed by atoms with van der Waals surface area (Å²) in [5.74, 6) is 0. The lowest BCUT2D eigenvalue weighted by molar-refractivity contribution is -0.138. The highest BCUT2D eigenvalue weighted by Crippen LogP contribution is 2.36. The first-order chi connectivity index (χ1) is 14.7.